The van der Waals surface area contributed by atoms with Gasteiger partial charge in [-0.05, 0) is 12.1 Å². The highest BCUT2D eigenvalue weighted by molar-refractivity contribution is 5.28. The smallest absolute Gasteiger partial charge is 0.132 e. The van der Waals surface area contributed by atoms with Crippen LogP contribution in [0.4, 0.5) is 0 Å². The summed E-state index contributed by atoms with van der Waals surface area (Å²) in [5, 5.41) is 37.1. The monoisotopic (exact) mass is 277 g/mol. The second-order valence-corrected chi connectivity index (χ2v) is 4.65. The molecule has 1 aromatic carbocycles. The third-order valence-electron chi connectivity index (χ3n) is 3.33. The van der Waals surface area contributed by atoms with E-state index >= 15 is 0 Å². The molecule has 3 rings (SSSR count). The number of nitrogens with zero attached hydrogens (tertiary/aromatic N) is 3. The highest BCUT2D eigenvalue weighted by atomic mass is 16.6. The van der Waals surface area contributed by atoms with Crippen LogP contribution in [0.3, 0.4) is 0 Å². The van der Waals surface area contributed by atoms with E-state index in [2.05, 4.69) is 10.2 Å². The van der Waals surface area contributed by atoms with Crippen LogP contribution in [-0.4, -0.2) is 55.2 Å². The predicted molar refractivity (Wildman–Crippen MR) is 68.1 cm³/mol. The van der Waals surface area contributed by atoms with Gasteiger partial charge in [0.25, 0.3) is 0 Å². The first-order chi connectivity index (χ1) is 9.70. The lowest BCUT2D eigenvalue weighted by Gasteiger charge is -2.11. The molecule has 0 aliphatic carbocycles. The first kappa shape index (κ1) is 13.2. The number of para-hydroxylation sites is 1. The summed E-state index contributed by atoms with van der Waals surface area (Å²) in [5.74, 6) is 0. The summed E-state index contributed by atoms with van der Waals surface area (Å²) in [4.78, 5) is 1.42. The van der Waals surface area contributed by atoms with Crippen molar-refractivity contribution in [1.82, 2.24) is 15.0 Å². The van der Waals surface area contributed by atoms with Crippen LogP contribution >= 0.6 is 0 Å². The van der Waals surface area contributed by atoms with Gasteiger partial charge in [-0.15, -0.1) is 0 Å². The molecule has 0 spiro atoms. The molecule has 1 aromatic heterocycles. The quantitative estimate of drug-likeness (QED) is 0.694. The first-order valence-corrected chi connectivity index (χ1v) is 6.31. The molecule has 2 heterocycles. The molecule has 1 saturated heterocycles. The summed E-state index contributed by atoms with van der Waals surface area (Å²) >= 11 is 0. The molecule has 1 fully saturated rings. The third-order valence-corrected chi connectivity index (χ3v) is 3.33. The highest BCUT2D eigenvalue weighted by Gasteiger charge is 2.44. The molecule has 4 atom stereocenters. The maximum Gasteiger partial charge on any atom is 0.132 e. The molecule has 0 bridgehead atoms. The van der Waals surface area contributed by atoms with Gasteiger partial charge in [-0.1, -0.05) is 18.2 Å². The molecule has 0 radical (unpaired) electrons. The zero-order chi connectivity index (χ0) is 14.1. The number of benzene rings is 1. The Kier molecular flexibility index (Phi) is 3.49. The fourth-order valence-corrected chi connectivity index (χ4v) is 2.23. The Bertz CT molecular complexity index is 574. The lowest BCUT2D eigenvalue weighted by atomic mass is 10.1. The Morgan fingerprint density at radius 2 is 1.90 bits per heavy atom. The third kappa shape index (κ3) is 2.20. The van der Waals surface area contributed by atoms with Gasteiger partial charge >= 0.3 is 0 Å². The summed E-state index contributed by atoms with van der Waals surface area (Å²) in [7, 11) is 0. The van der Waals surface area contributed by atoms with Crippen molar-refractivity contribution in [3.05, 3.63) is 42.2 Å². The van der Waals surface area contributed by atoms with Gasteiger partial charge in [-0.3, -0.25) is 0 Å². The van der Waals surface area contributed by atoms with Crippen LogP contribution in [0.2, 0.25) is 0 Å². The molecule has 3 N–H and O–H groups in total. The van der Waals surface area contributed by atoms with Gasteiger partial charge in [-0.2, -0.15) is 15.0 Å². The van der Waals surface area contributed by atoms with E-state index in [-0.39, 0.29) is 6.61 Å². The molecule has 7 nitrogen and oxygen atoms in total. The predicted octanol–water partition coefficient (Wildman–Crippen LogP) is -0.579. The summed E-state index contributed by atoms with van der Waals surface area (Å²) in [5.41, 5.74) is 1.20. The topological polar surface area (TPSA) is 101 Å². The number of hydrogen-bond donors (Lipinski definition) is 3. The Morgan fingerprint density at radius 3 is 2.55 bits per heavy atom. The molecule has 1 aliphatic heterocycles. The van der Waals surface area contributed by atoms with E-state index in [1.807, 2.05) is 30.3 Å². The van der Waals surface area contributed by atoms with Crippen LogP contribution < -0.4 is 0 Å². The molecule has 0 saturated carbocycles. The zero-order valence-electron chi connectivity index (χ0n) is 10.6. The van der Waals surface area contributed by atoms with E-state index in [0.717, 1.165) is 5.69 Å². The lowest BCUT2D eigenvalue weighted by Crippen LogP contribution is -2.32. The van der Waals surface area contributed by atoms with Crippen molar-refractivity contribution in [3.63, 3.8) is 0 Å². The van der Waals surface area contributed by atoms with E-state index in [4.69, 9.17) is 9.84 Å². The van der Waals surface area contributed by atoms with Crippen molar-refractivity contribution in [1.29, 1.82) is 0 Å². The van der Waals surface area contributed by atoms with Crippen LogP contribution in [0.15, 0.2) is 36.5 Å². The minimum Gasteiger partial charge on any atom is -0.394 e. The molecule has 0 amide bonds. The van der Waals surface area contributed by atoms with Crippen molar-refractivity contribution < 1.29 is 20.1 Å². The summed E-state index contributed by atoms with van der Waals surface area (Å²) in [6, 6.07) is 9.32. The van der Waals surface area contributed by atoms with E-state index in [1.54, 1.807) is 0 Å². The number of hydrogen-bond acceptors (Lipinski definition) is 6. The molecule has 7 heteroatoms. The van der Waals surface area contributed by atoms with Crippen molar-refractivity contribution in [2.75, 3.05) is 6.61 Å². The molecule has 106 valence electrons. The van der Waals surface area contributed by atoms with Crippen molar-refractivity contribution >= 4 is 0 Å². The minimum atomic E-state index is -1.13. The zero-order valence-corrected chi connectivity index (χ0v) is 10.6. The number of ether oxygens (including phenoxy) is 1. The maximum atomic E-state index is 9.93. The minimum absolute atomic E-state index is 0.360. The molecular weight excluding hydrogens is 262 g/mol. The van der Waals surface area contributed by atoms with E-state index in [1.165, 1.54) is 11.0 Å². The van der Waals surface area contributed by atoms with Crippen molar-refractivity contribution in [3.8, 4) is 5.69 Å². The normalized spacial score (nSPS) is 29.8. The molecule has 1 aliphatic rings. The standard InChI is InChI=1S/C13H15N3O4/c17-7-10-11(18)12(19)13(20-10)9-6-14-16(15-9)8-4-2-1-3-5-8/h1-6,10-13,17-19H,7H2/t10-,11+,12+,13+/m1/s1. The number of aliphatic hydroxyl groups is 3. The fraction of sp³-hybridized carbons (Fsp3) is 0.385. The van der Waals surface area contributed by atoms with Crippen LogP contribution in [0, 0.1) is 0 Å². The van der Waals surface area contributed by atoms with Crippen LogP contribution in [0.25, 0.3) is 5.69 Å². The molecule has 20 heavy (non-hydrogen) atoms. The first-order valence-electron chi connectivity index (χ1n) is 6.31. The van der Waals surface area contributed by atoms with Gasteiger partial charge < -0.3 is 20.1 Å². The fourth-order valence-electron chi connectivity index (χ4n) is 2.23. The molecule has 2 aromatic rings. The van der Waals surface area contributed by atoms with Gasteiger partial charge in [0.1, 0.15) is 30.1 Å². The Labute approximate surface area is 115 Å². The lowest BCUT2D eigenvalue weighted by molar-refractivity contribution is -0.0240. The Balaban J connectivity index is 1.84. The van der Waals surface area contributed by atoms with Gasteiger partial charge in [0.15, 0.2) is 0 Å². The second-order valence-electron chi connectivity index (χ2n) is 4.65. The van der Waals surface area contributed by atoms with E-state index in [9.17, 15) is 10.2 Å². The molecule has 0 unspecified atom stereocenters. The summed E-state index contributed by atoms with van der Waals surface area (Å²) < 4.78 is 5.40. The van der Waals surface area contributed by atoms with Crippen LogP contribution in [0.5, 0.6) is 0 Å². The van der Waals surface area contributed by atoms with Gasteiger partial charge in [0.2, 0.25) is 0 Å². The largest absolute Gasteiger partial charge is 0.394 e. The SMILES string of the molecule is OC[C@H]1O[C@@H](c2cnn(-c3ccccc3)n2)[C@@H](O)[C@H]1O. The van der Waals surface area contributed by atoms with Gasteiger partial charge in [-0.25, -0.2) is 0 Å². The van der Waals surface area contributed by atoms with Gasteiger partial charge in [0.05, 0.1) is 18.5 Å². The summed E-state index contributed by atoms with van der Waals surface area (Å²) in [6.07, 6.45) is -2.38. The number of aliphatic hydroxyl groups excluding tert-OH is 3. The Morgan fingerprint density at radius 1 is 1.15 bits per heavy atom. The van der Waals surface area contributed by atoms with E-state index < -0.39 is 24.4 Å². The second kappa shape index (κ2) is 5.29. The van der Waals surface area contributed by atoms with Gasteiger partial charge in [0, 0.05) is 0 Å². The van der Waals surface area contributed by atoms with Crippen molar-refractivity contribution in [2.24, 2.45) is 0 Å². The average Bonchev–Trinajstić information content (AvgIpc) is 3.07. The summed E-state index contributed by atoms with van der Waals surface area (Å²) in [6.45, 7) is -0.360. The van der Waals surface area contributed by atoms with Crippen molar-refractivity contribution in [2.45, 2.75) is 24.4 Å². The molecular formula is C13H15N3O4. The maximum absolute atomic E-state index is 9.93. The van der Waals surface area contributed by atoms with E-state index in [0.29, 0.717) is 5.69 Å². The van der Waals surface area contributed by atoms with Crippen LogP contribution in [-0.2, 0) is 4.74 Å². The number of aromatic nitrogens is 3. The average molecular weight is 277 g/mol. The highest BCUT2D eigenvalue weighted by Crippen LogP contribution is 2.32. The van der Waals surface area contributed by atoms with Crippen LogP contribution in [0.1, 0.15) is 11.8 Å². The number of rotatable bonds is 3. The Hall–Kier alpha value is -1.80.